The SMILES string of the molecule is CC(C)CCCCCCCCCNSc1nc2ccccc2s1. The van der Waals surface area contributed by atoms with Crippen molar-refractivity contribution in [3.8, 4) is 0 Å². The number of hydrogen-bond acceptors (Lipinski definition) is 4. The van der Waals surface area contributed by atoms with Crippen molar-refractivity contribution in [1.82, 2.24) is 9.71 Å². The van der Waals surface area contributed by atoms with Gasteiger partial charge in [-0.3, -0.25) is 4.72 Å². The highest BCUT2D eigenvalue weighted by molar-refractivity contribution is 7.99. The first kappa shape index (κ1) is 18.8. The van der Waals surface area contributed by atoms with Crippen molar-refractivity contribution < 1.29 is 0 Å². The summed E-state index contributed by atoms with van der Waals surface area (Å²) in [7, 11) is 0. The number of nitrogens with zero attached hydrogens (tertiary/aromatic N) is 1. The van der Waals surface area contributed by atoms with Crippen LogP contribution in [0, 0.1) is 5.92 Å². The van der Waals surface area contributed by atoms with Gasteiger partial charge in [0.2, 0.25) is 0 Å². The molecule has 0 saturated heterocycles. The van der Waals surface area contributed by atoms with Crippen LogP contribution in [-0.4, -0.2) is 11.5 Å². The molecule has 0 spiro atoms. The molecule has 0 aliphatic carbocycles. The van der Waals surface area contributed by atoms with Gasteiger partial charge in [0, 0.05) is 6.54 Å². The van der Waals surface area contributed by atoms with Gasteiger partial charge in [-0.25, -0.2) is 4.98 Å². The summed E-state index contributed by atoms with van der Waals surface area (Å²) in [5, 5.41) is 0. The standard InChI is InChI=1S/C19H30N2S2/c1-16(2)12-8-6-4-3-5-7-11-15-20-23-19-21-17-13-9-10-14-18(17)22-19/h9-10,13-14,16,20H,3-8,11-12,15H2,1-2H3. The van der Waals surface area contributed by atoms with Crippen LogP contribution in [0.3, 0.4) is 0 Å². The molecule has 1 aromatic carbocycles. The smallest absolute Gasteiger partial charge is 0.166 e. The molecule has 0 radical (unpaired) electrons. The van der Waals surface area contributed by atoms with E-state index in [1.165, 1.54) is 56.1 Å². The molecule has 0 unspecified atom stereocenters. The lowest BCUT2D eigenvalue weighted by Crippen LogP contribution is -2.04. The Morgan fingerprint density at radius 2 is 1.70 bits per heavy atom. The number of aromatic nitrogens is 1. The summed E-state index contributed by atoms with van der Waals surface area (Å²) in [4.78, 5) is 4.62. The van der Waals surface area contributed by atoms with E-state index in [-0.39, 0.29) is 0 Å². The first-order valence-corrected chi connectivity index (χ1v) is 10.6. The Kier molecular flexibility index (Phi) is 9.02. The fourth-order valence-corrected chi connectivity index (χ4v) is 4.46. The summed E-state index contributed by atoms with van der Waals surface area (Å²) in [6.45, 7) is 5.71. The maximum atomic E-state index is 4.62. The molecule has 4 heteroatoms. The molecule has 1 N–H and O–H groups in total. The Bertz CT molecular complexity index is 518. The van der Waals surface area contributed by atoms with Crippen molar-refractivity contribution in [2.45, 2.75) is 69.6 Å². The van der Waals surface area contributed by atoms with Gasteiger partial charge in [-0.15, -0.1) is 11.3 Å². The molecule has 0 aliphatic rings. The molecule has 1 heterocycles. The second-order valence-electron chi connectivity index (χ2n) is 6.60. The monoisotopic (exact) mass is 350 g/mol. The fraction of sp³-hybridized carbons (Fsp3) is 0.632. The van der Waals surface area contributed by atoms with Crippen LogP contribution in [0.5, 0.6) is 0 Å². The summed E-state index contributed by atoms with van der Waals surface area (Å²) in [5.74, 6) is 0.869. The highest BCUT2D eigenvalue weighted by Crippen LogP contribution is 2.27. The van der Waals surface area contributed by atoms with Crippen LogP contribution >= 0.6 is 23.3 Å². The van der Waals surface area contributed by atoms with Crippen LogP contribution in [-0.2, 0) is 0 Å². The zero-order valence-electron chi connectivity index (χ0n) is 14.5. The van der Waals surface area contributed by atoms with Gasteiger partial charge in [0.15, 0.2) is 4.34 Å². The van der Waals surface area contributed by atoms with E-state index in [2.05, 4.69) is 41.8 Å². The zero-order valence-corrected chi connectivity index (χ0v) is 16.1. The first-order chi connectivity index (χ1) is 11.3. The normalized spacial score (nSPS) is 11.6. The molecule has 0 bridgehead atoms. The summed E-state index contributed by atoms with van der Waals surface area (Å²) < 4.78 is 5.84. The molecule has 0 atom stereocenters. The lowest BCUT2D eigenvalue weighted by Gasteiger charge is -2.04. The molecule has 128 valence electrons. The Labute approximate surface area is 149 Å². The summed E-state index contributed by atoms with van der Waals surface area (Å²) in [5.41, 5.74) is 1.11. The minimum Gasteiger partial charge on any atom is -0.258 e. The third-order valence-corrected chi connectivity index (χ3v) is 5.94. The largest absolute Gasteiger partial charge is 0.258 e. The second kappa shape index (κ2) is 11.1. The Morgan fingerprint density at radius 3 is 2.43 bits per heavy atom. The molecule has 2 aromatic rings. The number of hydrogen-bond donors (Lipinski definition) is 1. The van der Waals surface area contributed by atoms with Crippen LogP contribution in [0.1, 0.15) is 65.2 Å². The van der Waals surface area contributed by atoms with Crippen molar-refractivity contribution in [3.63, 3.8) is 0 Å². The topological polar surface area (TPSA) is 24.9 Å². The van der Waals surface area contributed by atoms with Gasteiger partial charge >= 0.3 is 0 Å². The third-order valence-electron chi connectivity index (χ3n) is 3.99. The molecule has 1 aromatic heterocycles. The van der Waals surface area contributed by atoms with Crippen LogP contribution < -0.4 is 4.72 Å². The van der Waals surface area contributed by atoms with Gasteiger partial charge in [0.05, 0.1) is 10.2 Å². The first-order valence-electron chi connectivity index (χ1n) is 9.01. The summed E-state index contributed by atoms with van der Waals surface area (Å²) in [6, 6.07) is 8.34. The maximum Gasteiger partial charge on any atom is 0.166 e. The Balaban J connectivity index is 1.44. The number of rotatable bonds is 12. The van der Waals surface area contributed by atoms with E-state index in [1.54, 1.807) is 23.3 Å². The van der Waals surface area contributed by atoms with Crippen molar-refractivity contribution in [2.24, 2.45) is 5.92 Å². The summed E-state index contributed by atoms with van der Waals surface area (Å²) >= 11 is 3.45. The van der Waals surface area contributed by atoms with Crippen molar-refractivity contribution in [3.05, 3.63) is 24.3 Å². The van der Waals surface area contributed by atoms with Crippen LogP contribution in [0.15, 0.2) is 28.6 Å². The molecule has 0 fully saturated rings. The van der Waals surface area contributed by atoms with Crippen molar-refractivity contribution in [1.29, 1.82) is 0 Å². The predicted molar refractivity (Wildman–Crippen MR) is 105 cm³/mol. The van der Waals surface area contributed by atoms with E-state index in [0.29, 0.717) is 0 Å². The fourth-order valence-electron chi connectivity index (χ4n) is 2.64. The van der Waals surface area contributed by atoms with E-state index in [1.807, 2.05) is 6.07 Å². The number of para-hydroxylation sites is 1. The van der Waals surface area contributed by atoms with Crippen LogP contribution in [0.2, 0.25) is 0 Å². The van der Waals surface area contributed by atoms with Gasteiger partial charge in [-0.2, -0.15) is 0 Å². The van der Waals surface area contributed by atoms with Crippen LogP contribution in [0.25, 0.3) is 10.2 Å². The van der Waals surface area contributed by atoms with Crippen LogP contribution in [0.4, 0.5) is 0 Å². The number of unbranched alkanes of at least 4 members (excludes halogenated alkanes) is 6. The molecule has 0 aliphatic heterocycles. The van der Waals surface area contributed by atoms with Gasteiger partial charge < -0.3 is 0 Å². The molecule has 23 heavy (non-hydrogen) atoms. The molecule has 2 nitrogen and oxygen atoms in total. The third kappa shape index (κ3) is 7.69. The molecule has 0 amide bonds. The highest BCUT2D eigenvalue weighted by atomic mass is 32.2. The minimum absolute atomic E-state index is 0.869. The van der Waals surface area contributed by atoms with Gasteiger partial charge in [-0.05, 0) is 36.4 Å². The predicted octanol–water partition coefficient (Wildman–Crippen LogP) is 6.67. The average Bonchev–Trinajstić information content (AvgIpc) is 2.95. The number of benzene rings is 1. The highest BCUT2D eigenvalue weighted by Gasteiger charge is 2.03. The lowest BCUT2D eigenvalue weighted by molar-refractivity contribution is 0.509. The Morgan fingerprint density at radius 1 is 1.00 bits per heavy atom. The van der Waals surface area contributed by atoms with E-state index >= 15 is 0 Å². The lowest BCUT2D eigenvalue weighted by atomic mass is 10.0. The second-order valence-corrected chi connectivity index (χ2v) is 8.77. The number of fused-ring (bicyclic) bond motifs is 1. The van der Waals surface area contributed by atoms with E-state index in [0.717, 1.165) is 22.3 Å². The van der Waals surface area contributed by atoms with Gasteiger partial charge in [-0.1, -0.05) is 70.9 Å². The Hall–Kier alpha value is -0.580. The van der Waals surface area contributed by atoms with E-state index < -0.39 is 0 Å². The van der Waals surface area contributed by atoms with E-state index in [9.17, 15) is 0 Å². The zero-order chi connectivity index (χ0) is 16.3. The summed E-state index contributed by atoms with van der Waals surface area (Å²) in [6.07, 6.45) is 11.1. The average molecular weight is 351 g/mol. The minimum atomic E-state index is 0.869. The maximum absolute atomic E-state index is 4.62. The number of thiazole rings is 1. The molecular weight excluding hydrogens is 320 g/mol. The van der Waals surface area contributed by atoms with Crippen molar-refractivity contribution in [2.75, 3.05) is 6.54 Å². The molecule has 2 rings (SSSR count). The molecule has 0 saturated carbocycles. The van der Waals surface area contributed by atoms with E-state index in [4.69, 9.17) is 0 Å². The quantitative estimate of drug-likeness (QED) is 0.342. The molecular formula is C19H30N2S2. The van der Waals surface area contributed by atoms with Gasteiger partial charge in [0.25, 0.3) is 0 Å². The number of nitrogens with one attached hydrogen (secondary N) is 1. The van der Waals surface area contributed by atoms with Crippen molar-refractivity contribution >= 4 is 33.5 Å². The van der Waals surface area contributed by atoms with Gasteiger partial charge in [0.1, 0.15) is 0 Å².